The number of hydrogen-bond acceptors (Lipinski definition) is 2. The zero-order valence-electron chi connectivity index (χ0n) is 10.2. The van der Waals surface area contributed by atoms with Crippen LogP contribution in [0.4, 0.5) is 0 Å². The molecule has 0 aromatic carbocycles. The van der Waals surface area contributed by atoms with Crippen LogP contribution < -0.4 is 0 Å². The highest BCUT2D eigenvalue weighted by Crippen LogP contribution is 2.21. The van der Waals surface area contributed by atoms with Crippen molar-refractivity contribution in [3.05, 3.63) is 0 Å². The average molecular weight is 234 g/mol. The molecule has 0 aliphatic rings. The van der Waals surface area contributed by atoms with Crippen LogP contribution in [0.3, 0.4) is 0 Å². The lowest BCUT2D eigenvalue weighted by Crippen LogP contribution is -2.02. The van der Waals surface area contributed by atoms with Crippen LogP contribution in [0.1, 0.15) is 53.4 Å². The predicted octanol–water partition coefficient (Wildman–Crippen LogP) is 4.83. The molecule has 0 radical (unpaired) electrons. The van der Waals surface area contributed by atoms with Crippen LogP contribution in [0, 0.1) is 0 Å². The minimum Gasteiger partial charge on any atom is -0.159 e. The van der Waals surface area contributed by atoms with Gasteiger partial charge < -0.3 is 0 Å². The van der Waals surface area contributed by atoms with E-state index in [9.17, 15) is 0 Å². The third-order valence-electron chi connectivity index (χ3n) is 2.40. The summed E-state index contributed by atoms with van der Waals surface area (Å²) in [5.41, 5.74) is 0. The molecule has 0 fully saturated rings. The Hall–Kier alpha value is 0.700. The van der Waals surface area contributed by atoms with Crippen molar-refractivity contribution in [1.82, 2.24) is 0 Å². The van der Waals surface area contributed by atoms with Crippen LogP contribution in [0.5, 0.6) is 0 Å². The first-order valence-corrected chi connectivity index (χ1v) is 8.03. The molecule has 2 atom stereocenters. The summed E-state index contributed by atoms with van der Waals surface area (Å²) in [4.78, 5) is 0. The van der Waals surface area contributed by atoms with Crippen LogP contribution in [0.25, 0.3) is 0 Å². The second-order valence-electron chi connectivity index (χ2n) is 3.91. The van der Waals surface area contributed by atoms with E-state index < -0.39 is 0 Å². The molecule has 86 valence electrons. The first-order chi connectivity index (χ1) is 6.70. The third kappa shape index (κ3) is 9.26. The molecule has 14 heavy (non-hydrogen) atoms. The number of rotatable bonds is 9. The Morgan fingerprint density at radius 3 is 2.14 bits per heavy atom. The van der Waals surface area contributed by atoms with E-state index in [1.807, 2.05) is 0 Å². The van der Waals surface area contributed by atoms with Gasteiger partial charge in [0, 0.05) is 10.5 Å². The van der Waals surface area contributed by atoms with Crippen molar-refractivity contribution in [2.45, 2.75) is 63.9 Å². The van der Waals surface area contributed by atoms with E-state index in [1.54, 1.807) is 0 Å². The van der Waals surface area contributed by atoms with Gasteiger partial charge in [-0.2, -0.15) is 23.5 Å². The van der Waals surface area contributed by atoms with Crippen LogP contribution in [0.2, 0.25) is 0 Å². The fourth-order valence-corrected chi connectivity index (χ4v) is 3.48. The van der Waals surface area contributed by atoms with Crippen molar-refractivity contribution in [1.29, 1.82) is 0 Å². The van der Waals surface area contributed by atoms with E-state index in [0.717, 1.165) is 10.5 Å². The second-order valence-corrected chi connectivity index (χ2v) is 7.01. The summed E-state index contributed by atoms with van der Waals surface area (Å²) in [5.74, 6) is 2.70. The molecule has 2 heteroatoms. The van der Waals surface area contributed by atoms with Crippen LogP contribution >= 0.6 is 23.5 Å². The summed E-state index contributed by atoms with van der Waals surface area (Å²) in [5, 5.41) is 1.71. The zero-order chi connectivity index (χ0) is 10.8. The quantitative estimate of drug-likeness (QED) is 0.524. The number of hydrogen-bond donors (Lipinski definition) is 0. The van der Waals surface area contributed by atoms with Gasteiger partial charge in [-0.15, -0.1) is 0 Å². The maximum Gasteiger partial charge on any atom is 0.00265 e. The summed E-state index contributed by atoms with van der Waals surface area (Å²) in [6.45, 7) is 9.25. The topological polar surface area (TPSA) is 0 Å². The molecule has 0 saturated heterocycles. The molecular weight excluding hydrogens is 208 g/mol. The van der Waals surface area contributed by atoms with Gasteiger partial charge in [0.05, 0.1) is 0 Å². The van der Waals surface area contributed by atoms with E-state index in [1.165, 1.54) is 37.2 Å². The van der Waals surface area contributed by atoms with E-state index in [-0.39, 0.29) is 0 Å². The first kappa shape index (κ1) is 14.7. The Morgan fingerprint density at radius 1 is 0.929 bits per heavy atom. The standard InChI is InChI=1S/C12H26S2/c1-5-7-9-13-12(4)8-10-14-11(3)6-2/h11-12H,5-10H2,1-4H3. The summed E-state index contributed by atoms with van der Waals surface area (Å²) in [6, 6.07) is 0. The van der Waals surface area contributed by atoms with Crippen molar-refractivity contribution in [2.24, 2.45) is 0 Å². The number of unbranched alkanes of at least 4 members (excludes halogenated alkanes) is 1. The summed E-state index contributed by atoms with van der Waals surface area (Å²) < 4.78 is 0. The number of thioether (sulfide) groups is 2. The van der Waals surface area contributed by atoms with Crippen molar-refractivity contribution in [3.63, 3.8) is 0 Å². The molecule has 0 aliphatic heterocycles. The maximum atomic E-state index is 2.37. The van der Waals surface area contributed by atoms with Gasteiger partial charge in [0.1, 0.15) is 0 Å². The lowest BCUT2D eigenvalue weighted by Gasteiger charge is -2.12. The van der Waals surface area contributed by atoms with Gasteiger partial charge in [0.25, 0.3) is 0 Å². The molecule has 0 amide bonds. The predicted molar refractivity (Wildman–Crippen MR) is 73.7 cm³/mol. The Morgan fingerprint density at radius 2 is 1.57 bits per heavy atom. The minimum atomic E-state index is 0.850. The zero-order valence-corrected chi connectivity index (χ0v) is 11.8. The highest BCUT2D eigenvalue weighted by atomic mass is 32.2. The minimum absolute atomic E-state index is 0.850. The van der Waals surface area contributed by atoms with Gasteiger partial charge in [-0.05, 0) is 30.8 Å². The van der Waals surface area contributed by atoms with Crippen LogP contribution in [-0.2, 0) is 0 Å². The van der Waals surface area contributed by atoms with Crippen molar-refractivity contribution in [3.8, 4) is 0 Å². The molecule has 2 unspecified atom stereocenters. The van der Waals surface area contributed by atoms with Gasteiger partial charge in [-0.1, -0.05) is 34.1 Å². The van der Waals surface area contributed by atoms with Gasteiger partial charge in [-0.3, -0.25) is 0 Å². The molecule has 0 rings (SSSR count). The molecule has 0 saturated carbocycles. The Bertz CT molecular complexity index is 115. The fraction of sp³-hybridized carbons (Fsp3) is 1.00. The molecule has 0 N–H and O–H groups in total. The van der Waals surface area contributed by atoms with E-state index in [2.05, 4.69) is 51.2 Å². The van der Waals surface area contributed by atoms with E-state index in [0.29, 0.717) is 0 Å². The highest BCUT2D eigenvalue weighted by Gasteiger charge is 2.04. The molecule has 0 aromatic rings. The fourth-order valence-electron chi connectivity index (χ4n) is 1.07. The summed E-state index contributed by atoms with van der Waals surface area (Å²) in [7, 11) is 0. The van der Waals surface area contributed by atoms with Gasteiger partial charge in [0.15, 0.2) is 0 Å². The summed E-state index contributed by atoms with van der Waals surface area (Å²) >= 11 is 4.28. The van der Waals surface area contributed by atoms with E-state index >= 15 is 0 Å². The van der Waals surface area contributed by atoms with Crippen molar-refractivity contribution in [2.75, 3.05) is 11.5 Å². The lowest BCUT2D eigenvalue weighted by molar-refractivity contribution is 0.868. The SMILES string of the molecule is CCCCSC(C)CCSC(C)CC. The monoisotopic (exact) mass is 234 g/mol. The molecule has 0 aliphatic carbocycles. The van der Waals surface area contributed by atoms with Crippen LogP contribution in [0.15, 0.2) is 0 Å². The molecular formula is C12H26S2. The van der Waals surface area contributed by atoms with E-state index in [4.69, 9.17) is 0 Å². The highest BCUT2D eigenvalue weighted by molar-refractivity contribution is 8.00. The molecule has 0 bridgehead atoms. The molecule has 0 aromatic heterocycles. The smallest absolute Gasteiger partial charge is 0.00265 e. The van der Waals surface area contributed by atoms with Gasteiger partial charge >= 0.3 is 0 Å². The maximum absolute atomic E-state index is 2.37. The molecule has 0 nitrogen and oxygen atoms in total. The van der Waals surface area contributed by atoms with Gasteiger partial charge in [-0.25, -0.2) is 0 Å². The average Bonchev–Trinajstić information content (AvgIpc) is 2.18. The molecule has 0 spiro atoms. The van der Waals surface area contributed by atoms with Crippen molar-refractivity contribution >= 4 is 23.5 Å². The van der Waals surface area contributed by atoms with Crippen molar-refractivity contribution < 1.29 is 0 Å². The Labute approximate surface area is 99.0 Å². The first-order valence-electron chi connectivity index (χ1n) is 5.93. The van der Waals surface area contributed by atoms with Crippen LogP contribution in [-0.4, -0.2) is 22.0 Å². The largest absolute Gasteiger partial charge is 0.159 e. The Balaban J connectivity index is 3.21. The van der Waals surface area contributed by atoms with Gasteiger partial charge in [0.2, 0.25) is 0 Å². The Kier molecular flexibility index (Phi) is 10.7. The second kappa shape index (κ2) is 10.2. The summed E-state index contributed by atoms with van der Waals surface area (Å²) in [6.07, 6.45) is 5.40. The normalized spacial score (nSPS) is 15.4. The lowest BCUT2D eigenvalue weighted by atomic mass is 10.4. The third-order valence-corrected chi connectivity index (χ3v) is 5.10. The molecule has 0 heterocycles.